The van der Waals surface area contributed by atoms with E-state index in [1.54, 1.807) is 0 Å². The predicted octanol–water partition coefficient (Wildman–Crippen LogP) is 3.02. The van der Waals surface area contributed by atoms with Gasteiger partial charge < -0.3 is 9.47 Å². The smallest absolute Gasteiger partial charge is 0.109 e. The zero-order valence-corrected chi connectivity index (χ0v) is 13.4. The maximum atomic E-state index is 9.60. The Labute approximate surface area is 129 Å². The van der Waals surface area contributed by atoms with E-state index in [2.05, 4.69) is 18.3 Å². The van der Waals surface area contributed by atoms with Crippen molar-refractivity contribution >= 4 is 0 Å². The van der Waals surface area contributed by atoms with Crippen LogP contribution < -0.4 is 5.32 Å². The fraction of sp³-hybridized carbons (Fsp3) is 0.941. The quantitative estimate of drug-likeness (QED) is 0.699. The minimum absolute atomic E-state index is 0.293. The molecule has 0 aromatic heterocycles. The first-order chi connectivity index (χ1) is 10.3. The third-order valence-corrected chi connectivity index (χ3v) is 4.90. The second-order valence-electron chi connectivity index (χ2n) is 6.45. The number of hydrogen-bond donors (Lipinski definition) is 1. The van der Waals surface area contributed by atoms with Crippen LogP contribution in [-0.4, -0.2) is 38.0 Å². The molecule has 0 amide bonds. The third-order valence-electron chi connectivity index (χ3n) is 4.90. The normalized spacial score (nSPS) is 33.0. The maximum absolute atomic E-state index is 9.60. The molecule has 1 aliphatic heterocycles. The molecule has 0 radical (unpaired) electrons. The molecule has 0 bridgehead atoms. The molecule has 2 fully saturated rings. The van der Waals surface area contributed by atoms with Gasteiger partial charge in [0, 0.05) is 13.2 Å². The number of nitrogens with one attached hydrogen (secondary N) is 1. The van der Waals surface area contributed by atoms with Crippen LogP contribution in [0.4, 0.5) is 0 Å². The molecule has 0 aromatic carbocycles. The summed E-state index contributed by atoms with van der Waals surface area (Å²) in [6, 6.07) is 2.56. The molecule has 2 rings (SSSR count). The SMILES string of the molecule is CCCNC1(C#N)CCCC1CCOCC1CCCCO1. The molecule has 21 heavy (non-hydrogen) atoms. The molecule has 2 aliphatic rings. The van der Waals surface area contributed by atoms with Crippen LogP contribution in [0.5, 0.6) is 0 Å². The average Bonchev–Trinajstić information content (AvgIpc) is 2.94. The number of ether oxygens (including phenoxy) is 2. The number of nitrogens with zero attached hydrogens (tertiary/aromatic N) is 1. The van der Waals surface area contributed by atoms with E-state index in [1.165, 1.54) is 12.8 Å². The molecule has 3 unspecified atom stereocenters. The lowest BCUT2D eigenvalue weighted by Crippen LogP contribution is -2.47. The summed E-state index contributed by atoms with van der Waals surface area (Å²) in [6.07, 6.45) is 9.21. The van der Waals surface area contributed by atoms with Gasteiger partial charge in [-0.3, -0.25) is 5.32 Å². The van der Waals surface area contributed by atoms with Crippen LogP contribution in [-0.2, 0) is 9.47 Å². The minimum atomic E-state index is -0.305. The van der Waals surface area contributed by atoms with E-state index in [-0.39, 0.29) is 5.54 Å². The van der Waals surface area contributed by atoms with Crippen LogP contribution in [0.1, 0.15) is 58.3 Å². The summed E-state index contributed by atoms with van der Waals surface area (Å²) in [6.45, 7) is 5.43. The molecule has 4 heteroatoms. The predicted molar refractivity (Wildman–Crippen MR) is 83.0 cm³/mol. The Morgan fingerprint density at radius 3 is 2.95 bits per heavy atom. The van der Waals surface area contributed by atoms with Gasteiger partial charge in [0.1, 0.15) is 5.54 Å². The Balaban J connectivity index is 1.69. The van der Waals surface area contributed by atoms with Crippen LogP contribution >= 0.6 is 0 Å². The molecule has 1 N–H and O–H groups in total. The molecule has 1 aliphatic carbocycles. The lowest BCUT2D eigenvalue weighted by Gasteiger charge is -2.30. The first kappa shape index (κ1) is 16.7. The van der Waals surface area contributed by atoms with Crippen LogP contribution in [0, 0.1) is 17.2 Å². The first-order valence-electron chi connectivity index (χ1n) is 8.66. The van der Waals surface area contributed by atoms with Crippen molar-refractivity contribution in [3.8, 4) is 6.07 Å². The van der Waals surface area contributed by atoms with Crippen molar-refractivity contribution in [2.45, 2.75) is 69.9 Å². The van der Waals surface area contributed by atoms with Crippen molar-refractivity contribution in [2.24, 2.45) is 5.92 Å². The summed E-state index contributed by atoms with van der Waals surface area (Å²) in [5.41, 5.74) is -0.305. The molecule has 4 nitrogen and oxygen atoms in total. The summed E-state index contributed by atoms with van der Waals surface area (Å²) < 4.78 is 11.5. The largest absolute Gasteiger partial charge is 0.379 e. The van der Waals surface area contributed by atoms with E-state index in [0.717, 1.165) is 58.3 Å². The van der Waals surface area contributed by atoms with Gasteiger partial charge in [0.2, 0.25) is 0 Å². The lowest BCUT2D eigenvalue weighted by atomic mass is 9.86. The van der Waals surface area contributed by atoms with Crippen LogP contribution in [0.15, 0.2) is 0 Å². The molecule has 0 spiro atoms. The topological polar surface area (TPSA) is 54.3 Å². The van der Waals surface area contributed by atoms with Crippen molar-refractivity contribution in [1.29, 1.82) is 5.26 Å². The van der Waals surface area contributed by atoms with Crippen LogP contribution in [0.3, 0.4) is 0 Å². The van der Waals surface area contributed by atoms with Gasteiger partial charge in [0.15, 0.2) is 0 Å². The molecule has 1 saturated carbocycles. The average molecular weight is 294 g/mol. The third kappa shape index (κ3) is 4.67. The summed E-state index contributed by atoms with van der Waals surface area (Å²) in [7, 11) is 0. The Morgan fingerprint density at radius 1 is 1.33 bits per heavy atom. The summed E-state index contributed by atoms with van der Waals surface area (Å²) >= 11 is 0. The Kier molecular flexibility index (Phi) is 6.95. The van der Waals surface area contributed by atoms with Crippen molar-refractivity contribution in [1.82, 2.24) is 5.32 Å². The summed E-state index contributed by atoms with van der Waals surface area (Å²) in [5, 5.41) is 13.1. The highest BCUT2D eigenvalue weighted by Gasteiger charge is 2.42. The van der Waals surface area contributed by atoms with Gasteiger partial charge in [-0.1, -0.05) is 13.3 Å². The van der Waals surface area contributed by atoms with Crippen LogP contribution in [0.2, 0.25) is 0 Å². The van der Waals surface area contributed by atoms with Gasteiger partial charge in [0.25, 0.3) is 0 Å². The minimum Gasteiger partial charge on any atom is -0.379 e. The highest BCUT2D eigenvalue weighted by atomic mass is 16.5. The monoisotopic (exact) mass is 294 g/mol. The Bertz CT molecular complexity index is 336. The van der Waals surface area contributed by atoms with Gasteiger partial charge in [-0.05, 0) is 57.4 Å². The van der Waals surface area contributed by atoms with E-state index in [4.69, 9.17) is 9.47 Å². The molecular weight excluding hydrogens is 264 g/mol. The number of rotatable bonds is 8. The standard InChI is InChI=1S/C17H30N2O2/c1-2-10-19-17(14-18)9-5-6-15(17)8-12-20-13-16-7-3-4-11-21-16/h15-16,19H,2-13H2,1H3. The molecular formula is C17H30N2O2. The Morgan fingerprint density at radius 2 is 2.24 bits per heavy atom. The zero-order valence-electron chi connectivity index (χ0n) is 13.4. The first-order valence-corrected chi connectivity index (χ1v) is 8.66. The van der Waals surface area contributed by atoms with E-state index in [1.807, 2.05) is 0 Å². The van der Waals surface area contributed by atoms with Gasteiger partial charge in [-0.15, -0.1) is 0 Å². The summed E-state index contributed by atoms with van der Waals surface area (Å²) in [4.78, 5) is 0. The molecule has 120 valence electrons. The molecule has 0 aromatic rings. The Hall–Kier alpha value is -0.630. The zero-order chi connectivity index (χ0) is 15.0. The van der Waals surface area contributed by atoms with Gasteiger partial charge in [-0.2, -0.15) is 5.26 Å². The fourth-order valence-corrected chi connectivity index (χ4v) is 3.62. The molecule has 3 atom stereocenters. The van der Waals surface area contributed by atoms with Crippen molar-refractivity contribution < 1.29 is 9.47 Å². The van der Waals surface area contributed by atoms with E-state index in [0.29, 0.717) is 18.6 Å². The second-order valence-corrected chi connectivity index (χ2v) is 6.45. The number of hydrogen-bond acceptors (Lipinski definition) is 4. The number of nitriles is 1. The van der Waals surface area contributed by atoms with Crippen molar-refractivity contribution in [3.63, 3.8) is 0 Å². The van der Waals surface area contributed by atoms with Crippen molar-refractivity contribution in [2.75, 3.05) is 26.4 Å². The highest BCUT2D eigenvalue weighted by Crippen LogP contribution is 2.37. The van der Waals surface area contributed by atoms with Crippen molar-refractivity contribution in [3.05, 3.63) is 0 Å². The lowest BCUT2D eigenvalue weighted by molar-refractivity contribution is -0.0431. The fourth-order valence-electron chi connectivity index (χ4n) is 3.62. The second kappa shape index (κ2) is 8.73. The van der Waals surface area contributed by atoms with Gasteiger partial charge in [0.05, 0.1) is 18.8 Å². The van der Waals surface area contributed by atoms with E-state index in [9.17, 15) is 5.26 Å². The maximum Gasteiger partial charge on any atom is 0.109 e. The van der Waals surface area contributed by atoms with Gasteiger partial charge >= 0.3 is 0 Å². The van der Waals surface area contributed by atoms with E-state index >= 15 is 0 Å². The van der Waals surface area contributed by atoms with E-state index < -0.39 is 0 Å². The summed E-state index contributed by atoms with van der Waals surface area (Å²) in [5.74, 6) is 0.432. The van der Waals surface area contributed by atoms with Crippen LogP contribution in [0.25, 0.3) is 0 Å². The highest BCUT2D eigenvalue weighted by molar-refractivity contribution is 5.14. The molecule has 1 saturated heterocycles. The molecule has 1 heterocycles. The van der Waals surface area contributed by atoms with Gasteiger partial charge in [-0.25, -0.2) is 0 Å².